The van der Waals surface area contributed by atoms with Crippen LogP contribution in [0.2, 0.25) is 0 Å². The van der Waals surface area contributed by atoms with Gasteiger partial charge < -0.3 is 10.6 Å². The Morgan fingerprint density at radius 1 is 1.42 bits per heavy atom. The number of fused-ring (bicyclic) bond motifs is 1. The second kappa shape index (κ2) is 6.09. The molecule has 0 aliphatic carbocycles. The topological polar surface area (TPSA) is 41.1 Å². The van der Waals surface area contributed by atoms with Crippen molar-refractivity contribution in [3.8, 4) is 0 Å². The molecule has 1 aromatic carbocycles. The van der Waals surface area contributed by atoms with Crippen LogP contribution < -0.4 is 10.6 Å². The van der Waals surface area contributed by atoms with Gasteiger partial charge in [-0.1, -0.05) is 38.5 Å². The summed E-state index contributed by atoms with van der Waals surface area (Å²) in [4.78, 5) is 12.5. The molecular weight excluding hydrogens is 236 g/mol. The standard InChI is InChI=1S/C16H24N2O/c1-4-11(2)12(3)18-16(19)14-9-10-17-15-8-6-5-7-13(14)15/h5-8,11-12,14,17H,4,9-10H2,1-3H3,(H,18,19). The molecule has 1 aromatic rings. The summed E-state index contributed by atoms with van der Waals surface area (Å²) in [5.74, 6) is 0.673. The summed E-state index contributed by atoms with van der Waals surface area (Å²) in [6, 6.07) is 8.35. The molecular formula is C16H24N2O. The van der Waals surface area contributed by atoms with Crippen molar-refractivity contribution < 1.29 is 4.79 Å². The summed E-state index contributed by atoms with van der Waals surface area (Å²) in [6.45, 7) is 7.31. The molecule has 0 fully saturated rings. The minimum Gasteiger partial charge on any atom is -0.385 e. The van der Waals surface area contributed by atoms with E-state index in [1.54, 1.807) is 0 Å². The van der Waals surface area contributed by atoms with Crippen molar-refractivity contribution in [1.82, 2.24) is 5.32 Å². The lowest BCUT2D eigenvalue weighted by Gasteiger charge is -2.28. The number of rotatable bonds is 4. The Hall–Kier alpha value is -1.51. The molecule has 3 atom stereocenters. The summed E-state index contributed by atoms with van der Waals surface area (Å²) < 4.78 is 0. The molecule has 1 amide bonds. The molecule has 0 aromatic heterocycles. The smallest absolute Gasteiger partial charge is 0.227 e. The highest BCUT2D eigenvalue weighted by Crippen LogP contribution is 2.31. The Morgan fingerprint density at radius 3 is 2.89 bits per heavy atom. The van der Waals surface area contributed by atoms with E-state index < -0.39 is 0 Å². The molecule has 0 saturated carbocycles. The van der Waals surface area contributed by atoms with Gasteiger partial charge in [-0.15, -0.1) is 0 Å². The summed E-state index contributed by atoms with van der Waals surface area (Å²) in [5, 5.41) is 6.53. The zero-order valence-corrected chi connectivity index (χ0v) is 12.1. The molecule has 3 unspecified atom stereocenters. The number of amides is 1. The zero-order valence-electron chi connectivity index (χ0n) is 12.1. The molecule has 1 heterocycles. The summed E-state index contributed by atoms with van der Waals surface area (Å²) in [7, 11) is 0. The van der Waals surface area contributed by atoms with Crippen molar-refractivity contribution in [2.45, 2.75) is 45.6 Å². The van der Waals surface area contributed by atoms with Gasteiger partial charge in [0.2, 0.25) is 5.91 Å². The van der Waals surface area contributed by atoms with Gasteiger partial charge in [-0.3, -0.25) is 4.79 Å². The Balaban J connectivity index is 2.09. The van der Waals surface area contributed by atoms with Gasteiger partial charge in [0.05, 0.1) is 5.92 Å². The molecule has 0 saturated heterocycles. The third kappa shape index (κ3) is 3.09. The Bertz CT molecular complexity index is 444. The first-order chi connectivity index (χ1) is 9.13. The maximum absolute atomic E-state index is 12.5. The number of nitrogens with one attached hydrogen (secondary N) is 2. The fourth-order valence-electron chi connectivity index (χ4n) is 2.56. The molecule has 104 valence electrons. The third-order valence-electron chi connectivity index (χ3n) is 4.27. The van der Waals surface area contributed by atoms with Crippen molar-refractivity contribution in [2.24, 2.45) is 5.92 Å². The molecule has 0 spiro atoms. The van der Waals surface area contributed by atoms with E-state index >= 15 is 0 Å². The predicted molar refractivity (Wildman–Crippen MR) is 79.3 cm³/mol. The van der Waals surface area contributed by atoms with Crippen LogP contribution >= 0.6 is 0 Å². The number of hydrogen-bond donors (Lipinski definition) is 2. The van der Waals surface area contributed by atoms with E-state index in [2.05, 4.69) is 37.5 Å². The summed E-state index contributed by atoms with van der Waals surface area (Å²) in [6.07, 6.45) is 1.96. The average molecular weight is 260 g/mol. The second-order valence-corrected chi connectivity index (χ2v) is 5.54. The molecule has 0 radical (unpaired) electrons. The molecule has 0 bridgehead atoms. The van der Waals surface area contributed by atoms with E-state index in [0.29, 0.717) is 5.92 Å². The molecule has 3 nitrogen and oxygen atoms in total. The molecule has 3 heteroatoms. The number of hydrogen-bond acceptors (Lipinski definition) is 2. The van der Waals surface area contributed by atoms with Gasteiger partial charge in [0.1, 0.15) is 0 Å². The van der Waals surface area contributed by atoms with Gasteiger partial charge in [-0.25, -0.2) is 0 Å². The van der Waals surface area contributed by atoms with Crippen LogP contribution in [0.5, 0.6) is 0 Å². The number of para-hydroxylation sites is 1. The predicted octanol–water partition coefficient (Wildman–Crippen LogP) is 3.14. The van der Waals surface area contributed by atoms with E-state index in [4.69, 9.17) is 0 Å². The highest BCUT2D eigenvalue weighted by Gasteiger charge is 2.27. The molecule has 2 rings (SSSR count). The van der Waals surface area contributed by atoms with Crippen molar-refractivity contribution >= 4 is 11.6 Å². The monoisotopic (exact) mass is 260 g/mol. The number of carbonyl (C=O) groups is 1. The minimum atomic E-state index is -0.0102. The number of benzene rings is 1. The first kappa shape index (κ1) is 13.9. The van der Waals surface area contributed by atoms with Crippen LogP contribution in [0.25, 0.3) is 0 Å². The van der Waals surface area contributed by atoms with Crippen LogP contribution in [0.4, 0.5) is 5.69 Å². The molecule has 1 aliphatic rings. The molecule has 2 N–H and O–H groups in total. The van der Waals surface area contributed by atoms with Crippen LogP contribution in [-0.4, -0.2) is 18.5 Å². The van der Waals surface area contributed by atoms with Gasteiger partial charge in [0, 0.05) is 18.3 Å². The highest BCUT2D eigenvalue weighted by molar-refractivity contribution is 5.86. The highest BCUT2D eigenvalue weighted by atomic mass is 16.1. The van der Waals surface area contributed by atoms with Gasteiger partial charge >= 0.3 is 0 Å². The van der Waals surface area contributed by atoms with Crippen molar-refractivity contribution in [3.05, 3.63) is 29.8 Å². The van der Waals surface area contributed by atoms with Crippen LogP contribution in [-0.2, 0) is 4.79 Å². The Morgan fingerprint density at radius 2 is 2.16 bits per heavy atom. The summed E-state index contributed by atoms with van der Waals surface area (Å²) in [5.41, 5.74) is 2.23. The number of anilines is 1. The fraction of sp³-hybridized carbons (Fsp3) is 0.562. The van der Waals surface area contributed by atoms with Gasteiger partial charge in [-0.05, 0) is 30.9 Å². The second-order valence-electron chi connectivity index (χ2n) is 5.54. The molecule has 1 aliphatic heterocycles. The first-order valence-electron chi connectivity index (χ1n) is 7.26. The van der Waals surface area contributed by atoms with Crippen molar-refractivity contribution in [3.63, 3.8) is 0 Å². The quantitative estimate of drug-likeness (QED) is 0.873. The zero-order chi connectivity index (χ0) is 13.8. The first-order valence-corrected chi connectivity index (χ1v) is 7.26. The van der Waals surface area contributed by atoms with Gasteiger partial charge in [-0.2, -0.15) is 0 Å². The normalized spacial score (nSPS) is 20.9. The van der Waals surface area contributed by atoms with Crippen LogP contribution in [0.1, 0.15) is 45.1 Å². The lowest BCUT2D eigenvalue weighted by atomic mass is 9.89. The van der Waals surface area contributed by atoms with E-state index in [1.807, 2.05) is 18.2 Å². The van der Waals surface area contributed by atoms with Crippen molar-refractivity contribution in [2.75, 3.05) is 11.9 Å². The average Bonchev–Trinajstić information content (AvgIpc) is 2.45. The van der Waals surface area contributed by atoms with Crippen LogP contribution in [0.15, 0.2) is 24.3 Å². The Labute approximate surface area is 115 Å². The summed E-state index contributed by atoms with van der Waals surface area (Å²) >= 11 is 0. The van der Waals surface area contributed by atoms with E-state index in [1.165, 1.54) is 0 Å². The van der Waals surface area contributed by atoms with Gasteiger partial charge in [0.25, 0.3) is 0 Å². The largest absolute Gasteiger partial charge is 0.385 e. The SMILES string of the molecule is CCC(C)C(C)NC(=O)C1CCNc2ccccc21. The maximum atomic E-state index is 12.5. The van der Waals surface area contributed by atoms with Crippen LogP contribution in [0, 0.1) is 5.92 Å². The van der Waals surface area contributed by atoms with Crippen molar-refractivity contribution in [1.29, 1.82) is 0 Å². The lowest BCUT2D eigenvalue weighted by Crippen LogP contribution is -2.41. The van der Waals surface area contributed by atoms with E-state index in [-0.39, 0.29) is 17.9 Å². The molecule has 19 heavy (non-hydrogen) atoms. The maximum Gasteiger partial charge on any atom is 0.227 e. The van der Waals surface area contributed by atoms with E-state index in [9.17, 15) is 4.79 Å². The lowest BCUT2D eigenvalue weighted by molar-refractivity contribution is -0.123. The third-order valence-corrected chi connectivity index (χ3v) is 4.27. The van der Waals surface area contributed by atoms with Crippen LogP contribution in [0.3, 0.4) is 0 Å². The fourth-order valence-corrected chi connectivity index (χ4v) is 2.56. The van der Waals surface area contributed by atoms with E-state index in [0.717, 1.165) is 30.6 Å². The van der Waals surface area contributed by atoms with Gasteiger partial charge in [0.15, 0.2) is 0 Å². The minimum absolute atomic E-state index is 0.0102. The Kier molecular flexibility index (Phi) is 4.46. The number of carbonyl (C=O) groups excluding carboxylic acids is 1.